The molecule has 0 atom stereocenters. The third kappa shape index (κ3) is 7.53. The smallest absolute Gasteiger partial charge is 0.480 e. The lowest BCUT2D eigenvalue weighted by molar-refractivity contribution is -0.274. The zero-order valence-electron chi connectivity index (χ0n) is 12.6. The van der Waals surface area contributed by atoms with Gasteiger partial charge in [0.2, 0.25) is 5.91 Å². The third-order valence-corrected chi connectivity index (χ3v) is 2.96. The van der Waals surface area contributed by atoms with Gasteiger partial charge in [-0.15, -0.1) is 13.2 Å². The summed E-state index contributed by atoms with van der Waals surface area (Å²) in [5.74, 6) is -1.71. The first-order valence-electron chi connectivity index (χ1n) is 7.05. The Morgan fingerprint density at radius 2 is 1.83 bits per heavy atom. The molecule has 23 heavy (non-hydrogen) atoms. The summed E-state index contributed by atoms with van der Waals surface area (Å²) in [6.07, 6.45) is -3.70. The van der Waals surface area contributed by atoms with E-state index in [-0.39, 0.29) is 24.6 Å². The molecule has 5 nitrogen and oxygen atoms in total. The predicted octanol–water partition coefficient (Wildman–Crippen LogP) is 2.84. The number of ether oxygens (including phenoxy) is 1. The molecule has 1 aromatic rings. The van der Waals surface area contributed by atoms with Gasteiger partial charge in [0, 0.05) is 13.0 Å². The maximum Gasteiger partial charge on any atom is 0.573 e. The van der Waals surface area contributed by atoms with Crippen molar-refractivity contribution in [3.05, 3.63) is 29.8 Å². The molecule has 0 bridgehead atoms. The van der Waals surface area contributed by atoms with Gasteiger partial charge in [-0.2, -0.15) is 0 Å². The second-order valence-corrected chi connectivity index (χ2v) is 4.90. The summed E-state index contributed by atoms with van der Waals surface area (Å²) in [7, 11) is 0. The normalized spacial score (nSPS) is 11.1. The molecule has 1 amide bonds. The SMILES string of the molecule is CCCN(CC(=O)O)C(=O)CCc1ccc(OC(F)(F)F)cc1. The predicted molar refractivity (Wildman–Crippen MR) is 76.0 cm³/mol. The molecule has 0 aliphatic heterocycles. The minimum Gasteiger partial charge on any atom is -0.480 e. The fraction of sp³-hybridized carbons (Fsp3) is 0.467. The number of hydrogen-bond donors (Lipinski definition) is 1. The Morgan fingerprint density at radius 1 is 1.22 bits per heavy atom. The number of carboxylic acid groups (broad SMARTS) is 1. The van der Waals surface area contributed by atoms with E-state index in [0.29, 0.717) is 24.9 Å². The molecule has 0 aliphatic carbocycles. The Bertz CT molecular complexity index is 529. The average Bonchev–Trinajstić information content (AvgIpc) is 2.43. The Morgan fingerprint density at radius 3 is 2.30 bits per heavy atom. The van der Waals surface area contributed by atoms with E-state index in [9.17, 15) is 22.8 Å². The summed E-state index contributed by atoms with van der Waals surface area (Å²) in [5.41, 5.74) is 0.666. The molecule has 8 heteroatoms. The fourth-order valence-corrected chi connectivity index (χ4v) is 1.99. The largest absolute Gasteiger partial charge is 0.573 e. The van der Waals surface area contributed by atoms with Crippen LogP contribution in [0.15, 0.2) is 24.3 Å². The Hall–Kier alpha value is -2.25. The van der Waals surface area contributed by atoms with Gasteiger partial charge in [-0.05, 0) is 30.5 Å². The van der Waals surface area contributed by atoms with Crippen LogP contribution in [0.25, 0.3) is 0 Å². The van der Waals surface area contributed by atoms with Crippen LogP contribution < -0.4 is 4.74 Å². The maximum absolute atomic E-state index is 12.0. The van der Waals surface area contributed by atoms with Gasteiger partial charge < -0.3 is 14.7 Å². The molecule has 0 radical (unpaired) electrons. The molecule has 0 fully saturated rings. The molecule has 0 aliphatic rings. The highest BCUT2D eigenvalue weighted by molar-refractivity contribution is 5.81. The van der Waals surface area contributed by atoms with Crippen LogP contribution >= 0.6 is 0 Å². The molecule has 1 N–H and O–H groups in total. The summed E-state index contributed by atoms with van der Waals surface area (Å²) >= 11 is 0. The van der Waals surface area contributed by atoms with Crippen molar-refractivity contribution in [3.8, 4) is 5.75 Å². The van der Waals surface area contributed by atoms with Crippen LogP contribution in [0.5, 0.6) is 5.75 Å². The zero-order chi connectivity index (χ0) is 17.5. The number of amides is 1. The number of halogens is 3. The first-order chi connectivity index (χ1) is 10.7. The summed E-state index contributed by atoms with van der Waals surface area (Å²) < 4.78 is 39.9. The van der Waals surface area contributed by atoms with Crippen molar-refractivity contribution in [2.45, 2.75) is 32.5 Å². The van der Waals surface area contributed by atoms with Crippen molar-refractivity contribution in [2.24, 2.45) is 0 Å². The molecule has 1 aromatic carbocycles. The molecule has 0 saturated heterocycles. The zero-order valence-corrected chi connectivity index (χ0v) is 12.6. The molecular formula is C15H18F3NO4. The van der Waals surface area contributed by atoms with E-state index in [2.05, 4.69) is 4.74 Å². The van der Waals surface area contributed by atoms with E-state index in [1.54, 1.807) is 0 Å². The van der Waals surface area contributed by atoms with Crippen LogP contribution in [0.2, 0.25) is 0 Å². The number of carboxylic acids is 1. The second kappa shape index (κ2) is 8.40. The molecule has 0 unspecified atom stereocenters. The second-order valence-electron chi connectivity index (χ2n) is 4.90. The quantitative estimate of drug-likeness (QED) is 0.794. The fourth-order valence-electron chi connectivity index (χ4n) is 1.99. The Balaban J connectivity index is 2.56. The van der Waals surface area contributed by atoms with Crippen molar-refractivity contribution < 1.29 is 32.6 Å². The van der Waals surface area contributed by atoms with Crippen molar-refractivity contribution >= 4 is 11.9 Å². The van der Waals surface area contributed by atoms with Crippen LogP contribution in [0.1, 0.15) is 25.3 Å². The summed E-state index contributed by atoms with van der Waals surface area (Å²) in [6.45, 7) is 1.83. The van der Waals surface area contributed by atoms with Gasteiger partial charge in [0.05, 0.1) is 0 Å². The average molecular weight is 333 g/mol. The van der Waals surface area contributed by atoms with E-state index < -0.39 is 12.3 Å². The number of carbonyl (C=O) groups is 2. The highest BCUT2D eigenvalue weighted by atomic mass is 19.4. The van der Waals surface area contributed by atoms with Gasteiger partial charge >= 0.3 is 12.3 Å². The number of rotatable bonds is 8. The van der Waals surface area contributed by atoms with Crippen LogP contribution in [-0.4, -0.2) is 41.3 Å². The van der Waals surface area contributed by atoms with Crippen LogP contribution in [0.4, 0.5) is 13.2 Å². The highest BCUT2D eigenvalue weighted by Gasteiger charge is 2.30. The number of aryl methyl sites for hydroxylation is 1. The monoisotopic (exact) mass is 333 g/mol. The van der Waals surface area contributed by atoms with Crippen LogP contribution in [0, 0.1) is 0 Å². The third-order valence-electron chi connectivity index (χ3n) is 2.96. The Kier molecular flexibility index (Phi) is 6.87. The van der Waals surface area contributed by atoms with Crippen molar-refractivity contribution in [3.63, 3.8) is 0 Å². The number of carbonyl (C=O) groups excluding carboxylic acids is 1. The number of nitrogens with zero attached hydrogens (tertiary/aromatic N) is 1. The van der Waals surface area contributed by atoms with Crippen molar-refractivity contribution in [1.82, 2.24) is 4.90 Å². The number of hydrogen-bond acceptors (Lipinski definition) is 3. The molecule has 1 rings (SSSR count). The molecule has 0 saturated carbocycles. The van der Waals surface area contributed by atoms with E-state index in [4.69, 9.17) is 5.11 Å². The molecule has 0 aromatic heterocycles. The van der Waals surface area contributed by atoms with Crippen molar-refractivity contribution in [2.75, 3.05) is 13.1 Å². The van der Waals surface area contributed by atoms with E-state index >= 15 is 0 Å². The summed E-state index contributed by atoms with van der Waals surface area (Å²) in [5, 5.41) is 8.77. The minimum absolute atomic E-state index is 0.0900. The van der Waals surface area contributed by atoms with E-state index in [1.807, 2.05) is 6.92 Å². The van der Waals surface area contributed by atoms with Gasteiger partial charge in [-0.1, -0.05) is 19.1 Å². The lowest BCUT2D eigenvalue weighted by Gasteiger charge is -2.19. The molecule has 0 heterocycles. The highest BCUT2D eigenvalue weighted by Crippen LogP contribution is 2.23. The number of aliphatic carboxylic acids is 1. The van der Waals surface area contributed by atoms with Gasteiger partial charge in [0.15, 0.2) is 0 Å². The lowest BCUT2D eigenvalue weighted by Crippen LogP contribution is -2.36. The molecule has 128 valence electrons. The van der Waals surface area contributed by atoms with Gasteiger partial charge in [-0.3, -0.25) is 9.59 Å². The number of alkyl halides is 3. The van der Waals surface area contributed by atoms with Gasteiger partial charge in [0.1, 0.15) is 12.3 Å². The first kappa shape index (κ1) is 18.8. The standard InChI is InChI=1S/C15H18F3NO4/c1-2-9-19(10-14(21)22)13(20)8-5-11-3-6-12(7-4-11)23-15(16,17)18/h3-4,6-7H,2,5,8-10H2,1H3,(H,21,22). The van der Waals surface area contributed by atoms with Crippen molar-refractivity contribution in [1.29, 1.82) is 0 Å². The molecular weight excluding hydrogens is 315 g/mol. The van der Waals surface area contributed by atoms with Gasteiger partial charge in [0.25, 0.3) is 0 Å². The lowest BCUT2D eigenvalue weighted by atomic mass is 10.1. The molecule has 0 spiro atoms. The van der Waals surface area contributed by atoms with Crippen LogP contribution in [-0.2, 0) is 16.0 Å². The summed E-state index contributed by atoms with van der Waals surface area (Å²) in [4.78, 5) is 24.0. The number of benzene rings is 1. The van der Waals surface area contributed by atoms with Crippen LogP contribution in [0.3, 0.4) is 0 Å². The summed E-state index contributed by atoms with van der Waals surface area (Å²) in [6, 6.07) is 5.23. The minimum atomic E-state index is -4.74. The maximum atomic E-state index is 12.0. The topological polar surface area (TPSA) is 66.8 Å². The first-order valence-corrected chi connectivity index (χ1v) is 7.05. The van der Waals surface area contributed by atoms with E-state index in [0.717, 1.165) is 0 Å². The van der Waals surface area contributed by atoms with Gasteiger partial charge in [-0.25, -0.2) is 0 Å². The Labute approximate surface area is 131 Å². The van der Waals surface area contributed by atoms with E-state index in [1.165, 1.54) is 29.2 Å².